The molecule has 1 atom stereocenters. The van der Waals surface area contributed by atoms with E-state index in [4.69, 9.17) is 29.1 Å². The Balaban J connectivity index is 0.000000404. The van der Waals surface area contributed by atoms with E-state index in [2.05, 4.69) is 15.9 Å². The van der Waals surface area contributed by atoms with Crippen LogP contribution in [0.5, 0.6) is 5.75 Å². The highest BCUT2D eigenvalue weighted by molar-refractivity contribution is 9.10. The van der Waals surface area contributed by atoms with Crippen molar-refractivity contribution in [3.63, 3.8) is 0 Å². The van der Waals surface area contributed by atoms with Gasteiger partial charge in [-0.25, -0.2) is 4.79 Å². The van der Waals surface area contributed by atoms with E-state index in [9.17, 15) is 14.4 Å². The molecule has 10 nitrogen and oxygen atoms in total. The van der Waals surface area contributed by atoms with E-state index in [1.807, 2.05) is 12.1 Å². The predicted molar refractivity (Wildman–Crippen MR) is 149 cm³/mol. The van der Waals surface area contributed by atoms with Crippen molar-refractivity contribution in [2.24, 2.45) is 5.92 Å². The molecule has 2 aromatic rings. The van der Waals surface area contributed by atoms with Crippen LogP contribution in [0.2, 0.25) is 0 Å². The number of nitrogens with zero attached hydrogens (tertiary/aromatic N) is 1. The third-order valence-electron chi connectivity index (χ3n) is 5.06. The van der Waals surface area contributed by atoms with Gasteiger partial charge in [0.2, 0.25) is 0 Å². The minimum absolute atomic E-state index is 0.111. The van der Waals surface area contributed by atoms with Crippen LogP contribution in [-0.2, 0) is 30.3 Å². The summed E-state index contributed by atoms with van der Waals surface area (Å²) in [6.45, 7) is 10.4. The Kier molecular flexibility index (Phi) is 11.0. The zero-order valence-corrected chi connectivity index (χ0v) is 24.8. The Bertz CT molecular complexity index is 1170. The second-order valence-corrected chi connectivity index (χ2v) is 11.7. The van der Waals surface area contributed by atoms with Gasteiger partial charge in [-0.3, -0.25) is 14.4 Å². The van der Waals surface area contributed by atoms with Crippen LogP contribution in [0.4, 0.5) is 10.5 Å². The molecule has 0 bridgehead atoms. The molecular formula is C27H35BBrNO9. The molecule has 1 aliphatic heterocycles. The van der Waals surface area contributed by atoms with Gasteiger partial charge in [0.15, 0.2) is 0 Å². The van der Waals surface area contributed by atoms with Crippen LogP contribution in [0.25, 0.3) is 0 Å². The van der Waals surface area contributed by atoms with Gasteiger partial charge in [0.25, 0.3) is 5.91 Å². The number of carbonyl (C=O) groups excluding carboxylic acids is 3. The van der Waals surface area contributed by atoms with Gasteiger partial charge >= 0.3 is 19.2 Å². The van der Waals surface area contributed by atoms with Gasteiger partial charge in [-0.15, -0.1) is 5.06 Å². The van der Waals surface area contributed by atoms with Crippen molar-refractivity contribution in [2.75, 3.05) is 12.2 Å². The molecule has 1 aliphatic rings. The molecule has 3 rings (SSSR count). The predicted octanol–water partition coefficient (Wildman–Crippen LogP) is 3.93. The Morgan fingerprint density at radius 2 is 1.67 bits per heavy atom. The maximum atomic E-state index is 13.0. The molecule has 12 heteroatoms. The Labute approximate surface area is 237 Å². The van der Waals surface area contributed by atoms with Gasteiger partial charge in [0.1, 0.15) is 17.0 Å². The first kappa shape index (κ1) is 32.1. The number of carbonyl (C=O) groups is 3. The van der Waals surface area contributed by atoms with E-state index in [0.717, 1.165) is 15.1 Å². The maximum Gasteiger partial charge on any atom is 0.534 e. The van der Waals surface area contributed by atoms with E-state index in [-0.39, 0.29) is 6.42 Å². The van der Waals surface area contributed by atoms with Gasteiger partial charge in [0.05, 0.1) is 25.1 Å². The number of ether oxygens (including phenoxy) is 3. The normalized spacial score (nSPS) is 14.9. The van der Waals surface area contributed by atoms with Crippen molar-refractivity contribution < 1.29 is 43.5 Å². The molecule has 39 heavy (non-hydrogen) atoms. The molecular weight excluding hydrogens is 573 g/mol. The quantitative estimate of drug-likeness (QED) is 0.383. The van der Waals surface area contributed by atoms with Crippen LogP contribution >= 0.6 is 15.9 Å². The lowest BCUT2D eigenvalue weighted by atomic mass is 9.80. The lowest BCUT2D eigenvalue weighted by Gasteiger charge is -2.33. The summed E-state index contributed by atoms with van der Waals surface area (Å²) in [7, 11) is 0.105. The maximum absolute atomic E-state index is 13.0. The fourth-order valence-corrected chi connectivity index (χ4v) is 3.87. The summed E-state index contributed by atoms with van der Waals surface area (Å²) in [5, 5.41) is 18.4. The average Bonchev–Trinajstić information content (AvgIpc) is 2.80. The minimum Gasteiger partial charge on any atom is -0.497 e. The number of anilines is 1. The Morgan fingerprint density at radius 3 is 2.23 bits per heavy atom. The number of amides is 1. The van der Waals surface area contributed by atoms with E-state index < -0.39 is 42.3 Å². The van der Waals surface area contributed by atoms with Crippen LogP contribution in [0, 0.1) is 5.92 Å². The summed E-state index contributed by atoms with van der Waals surface area (Å²) in [5.74, 6) is -1.06. The highest BCUT2D eigenvalue weighted by Crippen LogP contribution is 2.35. The number of methoxy groups -OCH3 is 1. The third-order valence-corrected chi connectivity index (χ3v) is 5.56. The highest BCUT2D eigenvalue weighted by atomic mass is 79.9. The summed E-state index contributed by atoms with van der Waals surface area (Å²) in [6, 6.07) is 12.0. The SMILES string of the molecule is CC(C)(C)OC(=O)CC1Cc2ccc(Br)cc2N(OC(=O)OC(C)(C)C)C1=O.COc1cccc(B(O)O)c1. The van der Waals surface area contributed by atoms with Crippen LogP contribution in [0.1, 0.15) is 53.5 Å². The van der Waals surface area contributed by atoms with Crippen molar-refractivity contribution >= 4 is 52.2 Å². The van der Waals surface area contributed by atoms with E-state index in [0.29, 0.717) is 23.3 Å². The fraction of sp³-hybridized carbons (Fsp3) is 0.444. The first-order valence-corrected chi connectivity index (χ1v) is 13.0. The molecule has 1 unspecified atom stereocenters. The fourth-order valence-electron chi connectivity index (χ4n) is 3.52. The van der Waals surface area contributed by atoms with Crippen molar-refractivity contribution in [3.8, 4) is 5.75 Å². The van der Waals surface area contributed by atoms with Crippen molar-refractivity contribution in [1.29, 1.82) is 0 Å². The minimum atomic E-state index is -1.43. The zero-order chi connectivity index (χ0) is 29.5. The number of hydroxylamine groups is 1. The molecule has 2 aromatic carbocycles. The molecule has 2 N–H and O–H groups in total. The van der Waals surface area contributed by atoms with E-state index >= 15 is 0 Å². The van der Waals surface area contributed by atoms with Crippen LogP contribution in [-0.4, -0.2) is 53.5 Å². The summed E-state index contributed by atoms with van der Waals surface area (Å²) >= 11 is 3.36. The second kappa shape index (κ2) is 13.3. The molecule has 0 aliphatic carbocycles. The third kappa shape index (κ3) is 10.5. The van der Waals surface area contributed by atoms with Crippen molar-refractivity contribution in [3.05, 3.63) is 52.5 Å². The molecule has 0 spiro atoms. The molecule has 0 saturated heterocycles. The number of rotatable bonds is 5. The van der Waals surface area contributed by atoms with Crippen LogP contribution in [0.15, 0.2) is 46.9 Å². The Hall–Kier alpha value is -3.09. The number of hydrogen-bond acceptors (Lipinski definition) is 9. The second-order valence-electron chi connectivity index (χ2n) is 10.8. The average molecular weight is 608 g/mol. The first-order chi connectivity index (χ1) is 18.0. The van der Waals surface area contributed by atoms with Crippen LogP contribution < -0.4 is 15.3 Å². The molecule has 212 valence electrons. The summed E-state index contributed by atoms with van der Waals surface area (Å²) in [5.41, 5.74) is 0.228. The first-order valence-electron chi connectivity index (χ1n) is 12.2. The van der Waals surface area contributed by atoms with Crippen molar-refractivity contribution in [2.45, 2.75) is 65.6 Å². The number of halogens is 1. The largest absolute Gasteiger partial charge is 0.534 e. The molecule has 0 radical (unpaired) electrons. The number of benzene rings is 2. The summed E-state index contributed by atoms with van der Waals surface area (Å²) in [4.78, 5) is 42.6. The topological polar surface area (TPSA) is 132 Å². The molecule has 0 fully saturated rings. The smallest absolute Gasteiger partial charge is 0.497 e. The van der Waals surface area contributed by atoms with Crippen LogP contribution in [0.3, 0.4) is 0 Å². The number of hydrogen-bond donors (Lipinski definition) is 2. The van der Waals surface area contributed by atoms with Gasteiger partial charge in [0, 0.05) is 4.47 Å². The number of esters is 1. The summed E-state index contributed by atoms with van der Waals surface area (Å²) < 4.78 is 16.1. The van der Waals surface area contributed by atoms with Gasteiger partial charge < -0.3 is 24.3 Å². The molecule has 0 aromatic heterocycles. The lowest BCUT2D eigenvalue weighted by molar-refractivity contribution is -0.157. The Morgan fingerprint density at radius 1 is 1.03 bits per heavy atom. The van der Waals surface area contributed by atoms with Gasteiger partial charge in [-0.05, 0) is 83.3 Å². The van der Waals surface area contributed by atoms with Gasteiger partial charge in [-0.1, -0.05) is 34.1 Å². The zero-order valence-electron chi connectivity index (χ0n) is 23.2. The lowest BCUT2D eigenvalue weighted by Crippen LogP contribution is -2.44. The molecule has 1 amide bonds. The van der Waals surface area contributed by atoms with Gasteiger partial charge in [-0.2, -0.15) is 0 Å². The molecule has 1 heterocycles. The van der Waals surface area contributed by atoms with Crippen molar-refractivity contribution in [1.82, 2.24) is 0 Å². The summed E-state index contributed by atoms with van der Waals surface area (Å²) in [6.07, 6.45) is -0.765. The van der Waals surface area contributed by atoms with E-state index in [1.165, 1.54) is 7.11 Å². The highest BCUT2D eigenvalue weighted by Gasteiger charge is 2.38. The van der Waals surface area contributed by atoms with E-state index in [1.54, 1.807) is 71.9 Å². The molecule has 0 saturated carbocycles. The number of fused-ring (bicyclic) bond motifs is 1. The monoisotopic (exact) mass is 607 g/mol. The standard InChI is InChI=1S/C20H26BrNO6.C7H9BO3/c1-19(2,3)26-16(23)10-13-9-12-7-8-14(21)11-15(12)22(17(13)24)28-18(25)27-20(4,5)6;1-11-7-4-2-3-6(5-7)8(9)10/h7-8,11,13H,9-10H2,1-6H3;2-5,9-10H,1H3.